The molecular formula is C21H34O7. The van der Waals surface area contributed by atoms with Gasteiger partial charge < -0.3 is 34.6 Å². The number of unbranched alkanes of at least 4 members (excludes halogenated alkanes) is 1. The van der Waals surface area contributed by atoms with Crippen LogP contribution in [-0.4, -0.2) is 71.0 Å². The SMILES string of the molecule is CC(C)(C)COc1ccc(CCCCOC2OC(CO)C(O)C(O)C2O)cc1. The highest BCUT2D eigenvalue weighted by molar-refractivity contribution is 5.27. The molecule has 7 heteroatoms. The third-order valence-corrected chi connectivity index (χ3v) is 4.59. The number of ether oxygens (including phenoxy) is 3. The van der Waals surface area contributed by atoms with Crippen molar-refractivity contribution in [3.05, 3.63) is 29.8 Å². The molecule has 160 valence electrons. The average Bonchev–Trinajstić information content (AvgIpc) is 2.66. The Labute approximate surface area is 166 Å². The number of aryl methyl sites for hydroxylation is 1. The van der Waals surface area contributed by atoms with Gasteiger partial charge in [-0.3, -0.25) is 0 Å². The van der Waals surface area contributed by atoms with Gasteiger partial charge in [0.15, 0.2) is 6.29 Å². The van der Waals surface area contributed by atoms with Crippen LogP contribution in [0.3, 0.4) is 0 Å². The maximum absolute atomic E-state index is 9.92. The Hall–Kier alpha value is -1.22. The molecule has 1 aliphatic rings. The minimum absolute atomic E-state index is 0.125. The molecule has 2 rings (SSSR count). The van der Waals surface area contributed by atoms with E-state index in [0.29, 0.717) is 13.2 Å². The zero-order valence-corrected chi connectivity index (χ0v) is 17.0. The largest absolute Gasteiger partial charge is 0.493 e. The fourth-order valence-electron chi connectivity index (χ4n) is 2.89. The van der Waals surface area contributed by atoms with E-state index in [4.69, 9.17) is 19.3 Å². The summed E-state index contributed by atoms with van der Waals surface area (Å²) in [6.07, 6.45) is -3.60. The van der Waals surface area contributed by atoms with Crippen LogP contribution < -0.4 is 4.74 Å². The predicted molar refractivity (Wildman–Crippen MR) is 104 cm³/mol. The van der Waals surface area contributed by atoms with Crippen molar-refractivity contribution in [2.75, 3.05) is 19.8 Å². The van der Waals surface area contributed by atoms with Crippen LogP contribution in [0.25, 0.3) is 0 Å². The first kappa shape index (κ1) is 23.1. The monoisotopic (exact) mass is 398 g/mol. The number of hydrogen-bond donors (Lipinski definition) is 4. The minimum atomic E-state index is -1.41. The highest BCUT2D eigenvalue weighted by atomic mass is 16.7. The van der Waals surface area contributed by atoms with Crippen molar-refractivity contribution >= 4 is 0 Å². The topological polar surface area (TPSA) is 109 Å². The summed E-state index contributed by atoms with van der Waals surface area (Å²) in [6.45, 7) is 6.95. The molecule has 1 saturated heterocycles. The van der Waals surface area contributed by atoms with E-state index in [2.05, 4.69) is 32.9 Å². The summed E-state index contributed by atoms with van der Waals surface area (Å²) in [5.74, 6) is 0.865. The molecule has 0 bridgehead atoms. The standard InChI is InChI=1S/C21H34O7/c1-21(2,3)13-27-15-9-7-14(8-10-15)6-4-5-11-26-20-19(25)18(24)17(23)16(12-22)28-20/h7-10,16-20,22-25H,4-6,11-13H2,1-3H3. The molecule has 5 unspecified atom stereocenters. The number of rotatable bonds is 9. The Bertz CT molecular complexity index is 567. The summed E-state index contributed by atoms with van der Waals surface area (Å²) < 4.78 is 16.6. The summed E-state index contributed by atoms with van der Waals surface area (Å²) in [6, 6.07) is 8.06. The third kappa shape index (κ3) is 6.99. The molecule has 0 saturated carbocycles. The minimum Gasteiger partial charge on any atom is -0.493 e. The lowest BCUT2D eigenvalue weighted by molar-refractivity contribution is -0.301. The number of benzene rings is 1. The Morgan fingerprint density at radius 1 is 0.964 bits per heavy atom. The van der Waals surface area contributed by atoms with Gasteiger partial charge in [-0.05, 0) is 42.4 Å². The van der Waals surface area contributed by atoms with E-state index in [0.717, 1.165) is 25.0 Å². The van der Waals surface area contributed by atoms with Crippen molar-refractivity contribution in [1.29, 1.82) is 0 Å². The number of aliphatic hydroxyl groups is 4. The smallest absolute Gasteiger partial charge is 0.186 e. The predicted octanol–water partition coefficient (Wildman–Crippen LogP) is 1.25. The van der Waals surface area contributed by atoms with Gasteiger partial charge in [0.1, 0.15) is 30.2 Å². The van der Waals surface area contributed by atoms with Crippen LogP contribution in [0, 0.1) is 5.41 Å². The summed E-state index contributed by atoms with van der Waals surface area (Å²) in [7, 11) is 0. The first-order valence-corrected chi connectivity index (χ1v) is 9.85. The van der Waals surface area contributed by atoms with Crippen LogP contribution in [0.15, 0.2) is 24.3 Å². The highest BCUT2D eigenvalue weighted by Gasteiger charge is 2.43. The van der Waals surface area contributed by atoms with E-state index in [1.165, 1.54) is 5.56 Å². The van der Waals surface area contributed by atoms with Crippen LogP contribution in [-0.2, 0) is 15.9 Å². The Morgan fingerprint density at radius 3 is 2.25 bits per heavy atom. The molecule has 1 fully saturated rings. The number of hydrogen-bond acceptors (Lipinski definition) is 7. The summed E-state index contributed by atoms with van der Waals surface area (Å²) in [5.41, 5.74) is 1.33. The van der Waals surface area contributed by atoms with Gasteiger partial charge in [-0.15, -0.1) is 0 Å². The Kier molecular flexibility index (Phi) is 8.67. The lowest BCUT2D eigenvalue weighted by atomic mass is 9.99. The van der Waals surface area contributed by atoms with Crippen LogP contribution >= 0.6 is 0 Å². The molecule has 5 atom stereocenters. The normalized spacial score (nSPS) is 28.3. The van der Waals surface area contributed by atoms with Gasteiger partial charge in [-0.1, -0.05) is 32.9 Å². The summed E-state index contributed by atoms with van der Waals surface area (Å²) in [4.78, 5) is 0. The molecule has 1 aromatic carbocycles. The zero-order chi connectivity index (χ0) is 20.7. The second-order valence-electron chi connectivity index (χ2n) is 8.52. The molecule has 0 aromatic heterocycles. The molecule has 0 aliphatic carbocycles. The molecule has 1 aromatic rings. The van der Waals surface area contributed by atoms with E-state index in [1.54, 1.807) is 0 Å². The molecule has 1 heterocycles. The van der Waals surface area contributed by atoms with Crippen LogP contribution in [0.1, 0.15) is 39.2 Å². The molecular weight excluding hydrogens is 364 g/mol. The molecule has 0 amide bonds. The van der Waals surface area contributed by atoms with Crippen molar-refractivity contribution in [3.8, 4) is 5.75 Å². The van der Waals surface area contributed by atoms with Crippen LogP contribution in [0.5, 0.6) is 5.75 Å². The van der Waals surface area contributed by atoms with Gasteiger partial charge in [0.25, 0.3) is 0 Å². The maximum atomic E-state index is 9.92. The summed E-state index contributed by atoms with van der Waals surface area (Å²) in [5, 5.41) is 38.6. The van der Waals surface area contributed by atoms with Gasteiger partial charge >= 0.3 is 0 Å². The quantitative estimate of drug-likeness (QED) is 0.464. The zero-order valence-electron chi connectivity index (χ0n) is 17.0. The first-order valence-electron chi connectivity index (χ1n) is 9.85. The van der Waals surface area contributed by atoms with E-state index < -0.39 is 37.3 Å². The van der Waals surface area contributed by atoms with Crippen molar-refractivity contribution in [2.24, 2.45) is 5.41 Å². The van der Waals surface area contributed by atoms with Crippen molar-refractivity contribution < 1.29 is 34.6 Å². The fourth-order valence-corrected chi connectivity index (χ4v) is 2.89. The van der Waals surface area contributed by atoms with Gasteiger partial charge in [0.05, 0.1) is 13.2 Å². The maximum Gasteiger partial charge on any atom is 0.186 e. The Balaban J connectivity index is 1.67. The van der Waals surface area contributed by atoms with Gasteiger partial charge in [-0.2, -0.15) is 0 Å². The lowest BCUT2D eigenvalue weighted by Crippen LogP contribution is -2.59. The number of aliphatic hydroxyl groups excluding tert-OH is 4. The van der Waals surface area contributed by atoms with Crippen molar-refractivity contribution in [2.45, 2.75) is 70.7 Å². The lowest BCUT2D eigenvalue weighted by Gasteiger charge is -2.39. The van der Waals surface area contributed by atoms with Crippen LogP contribution in [0.4, 0.5) is 0 Å². The Morgan fingerprint density at radius 2 is 1.64 bits per heavy atom. The fraction of sp³-hybridized carbons (Fsp3) is 0.714. The van der Waals surface area contributed by atoms with Gasteiger partial charge in [-0.25, -0.2) is 0 Å². The highest BCUT2D eigenvalue weighted by Crippen LogP contribution is 2.22. The second kappa shape index (κ2) is 10.5. The average molecular weight is 398 g/mol. The molecule has 0 spiro atoms. The molecule has 4 N–H and O–H groups in total. The molecule has 28 heavy (non-hydrogen) atoms. The molecule has 0 radical (unpaired) electrons. The second-order valence-corrected chi connectivity index (χ2v) is 8.52. The molecule has 1 aliphatic heterocycles. The van der Waals surface area contributed by atoms with E-state index in [9.17, 15) is 15.3 Å². The van der Waals surface area contributed by atoms with Crippen molar-refractivity contribution in [1.82, 2.24) is 0 Å². The summed E-state index contributed by atoms with van der Waals surface area (Å²) >= 11 is 0. The van der Waals surface area contributed by atoms with Crippen LogP contribution in [0.2, 0.25) is 0 Å². The van der Waals surface area contributed by atoms with Gasteiger partial charge in [0.2, 0.25) is 0 Å². The van der Waals surface area contributed by atoms with E-state index in [-0.39, 0.29) is 5.41 Å². The van der Waals surface area contributed by atoms with Gasteiger partial charge in [0, 0.05) is 6.61 Å². The molecule has 7 nitrogen and oxygen atoms in total. The van der Waals surface area contributed by atoms with E-state index >= 15 is 0 Å². The van der Waals surface area contributed by atoms with E-state index in [1.807, 2.05) is 12.1 Å². The van der Waals surface area contributed by atoms with Crippen molar-refractivity contribution in [3.63, 3.8) is 0 Å². The first-order chi connectivity index (χ1) is 13.2. The third-order valence-electron chi connectivity index (χ3n) is 4.59.